The van der Waals surface area contributed by atoms with E-state index in [9.17, 15) is 0 Å². The Morgan fingerprint density at radius 3 is 1.74 bits per heavy atom. The number of para-hydroxylation sites is 1. The van der Waals surface area contributed by atoms with Crippen molar-refractivity contribution in [2.24, 2.45) is 0 Å². The molecule has 216 valence electrons. The van der Waals surface area contributed by atoms with E-state index in [-0.39, 0.29) is 14.5 Å². The summed E-state index contributed by atoms with van der Waals surface area (Å²) in [5, 5.41) is 8.07. The van der Waals surface area contributed by atoms with Crippen LogP contribution in [-0.4, -0.2) is 14.5 Å². The van der Waals surface area contributed by atoms with Crippen LogP contribution in [0.4, 0.5) is 17.1 Å². The minimum Gasteiger partial charge on any atom is -0.0617 e. The van der Waals surface area contributed by atoms with Gasteiger partial charge >= 0.3 is 251 Å². The Bertz CT molecular complexity index is 2510. The molecule has 0 atom stereocenters. The second-order valence-corrected chi connectivity index (χ2v) is 14.0. The zero-order chi connectivity index (χ0) is 30.5. The summed E-state index contributed by atoms with van der Waals surface area (Å²) in [5.41, 5.74) is 8.28. The van der Waals surface area contributed by atoms with Crippen molar-refractivity contribution in [1.29, 1.82) is 0 Å². The van der Waals surface area contributed by atoms with Gasteiger partial charge < -0.3 is 0 Å². The van der Waals surface area contributed by atoms with Crippen LogP contribution in [0.15, 0.2) is 176 Å². The third kappa shape index (κ3) is 4.54. The zero-order valence-electron chi connectivity index (χ0n) is 25.1. The fourth-order valence-electron chi connectivity index (χ4n) is 6.87. The maximum absolute atomic E-state index is 2.41. The van der Waals surface area contributed by atoms with Crippen LogP contribution >= 0.6 is 0 Å². The van der Waals surface area contributed by atoms with E-state index in [0.29, 0.717) is 0 Å². The maximum atomic E-state index is 2.41. The Kier molecular flexibility index (Phi) is 6.56. The van der Waals surface area contributed by atoms with Crippen molar-refractivity contribution < 1.29 is 0 Å². The van der Waals surface area contributed by atoms with Gasteiger partial charge in [-0.2, -0.15) is 0 Å². The van der Waals surface area contributed by atoms with Crippen molar-refractivity contribution in [3.63, 3.8) is 0 Å². The van der Waals surface area contributed by atoms with Gasteiger partial charge in [-0.05, 0) is 0 Å². The van der Waals surface area contributed by atoms with E-state index in [1.54, 1.807) is 0 Å². The van der Waals surface area contributed by atoms with Crippen LogP contribution in [0.3, 0.4) is 0 Å². The number of nitrogens with zero attached hydrogens (tertiary/aromatic N) is 1. The topological polar surface area (TPSA) is 3.24 Å². The van der Waals surface area contributed by atoms with Crippen molar-refractivity contribution >= 4 is 72.4 Å². The van der Waals surface area contributed by atoms with E-state index in [1.807, 2.05) is 0 Å². The Hall–Kier alpha value is -5.40. The summed E-state index contributed by atoms with van der Waals surface area (Å²) >= 11 is 0.271. The first-order valence-corrected chi connectivity index (χ1v) is 17.4. The molecule has 0 aliphatic rings. The molecule has 1 nitrogen and oxygen atoms in total. The van der Waals surface area contributed by atoms with Gasteiger partial charge in [-0.15, -0.1) is 0 Å². The van der Waals surface area contributed by atoms with E-state index in [0.717, 1.165) is 17.1 Å². The Morgan fingerprint density at radius 1 is 0.370 bits per heavy atom. The molecule has 9 rings (SSSR count). The summed E-state index contributed by atoms with van der Waals surface area (Å²) in [5.74, 6) is 0. The molecule has 8 aromatic carbocycles. The van der Waals surface area contributed by atoms with Crippen molar-refractivity contribution in [3.05, 3.63) is 176 Å². The molecule has 0 aliphatic heterocycles. The third-order valence-corrected chi connectivity index (χ3v) is 11.6. The predicted octanol–water partition coefficient (Wildman–Crippen LogP) is 12.2. The molecule has 0 unspecified atom stereocenters. The van der Waals surface area contributed by atoms with Crippen LogP contribution in [0.1, 0.15) is 0 Å². The van der Waals surface area contributed by atoms with Crippen molar-refractivity contribution in [2.45, 2.75) is 0 Å². The van der Waals surface area contributed by atoms with Crippen molar-refractivity contribution in [2.75, 3.05) is 4.90 Å². The summed E-state index contributed by atoms with van der Waals surface area (Å²) in [6.07, 6.45) is 0. The molecule has 1 heterocycles. The second-order valence-electron chi connectivity index (χ2n) is 11.7. The minimum absolute atomic E-state index is 0.271. The number of fused-ring (bicyclic) bond motifs is 7. The number of anilines is 3. The van der Waals surface area contributed by atoms with Crippen molar-refractivity contribution in [3.8, 4) is 22.3 Å². The minimum atomic E-state index is 0.271. The summed E-state index contributed by atoms with van der Waals surface area (Å²) in [7, 11) is 0. The quantitative estimate of drug-likeness (QED) is 0.132. The van der Waals surface area contributed by atoms with E-state index < -0.39 is 0 Å². The fraction of sp³-hybridized carbons (Fsp3) is 0. The first-order chi connectivity index (χ1) is 22.8. The molecule has 0 bridgehead atoms. The number of hydrogen-bond donors (Lipinski definition) is 0. The van der Waals surface area contributed by atoms with Gasteiger partial charge in [0.1, 0.15) is 0 Å². The first-order valence-electron chi connectivity index (χ1n) is 15.7. The normalized spacial score (nSPS) is 11.5. The van der Waals surface area contributed by atoms with Gasteiger partial charge in [-0.1, -0.05) is 24.3 Å². The van der Waals surface area contributed by atoms with Gasteiger partial charge in [0.05, 0.1) is 0 Å². The average molecular weight is 651 g/mol. The van der Waals surface area contributed by atoms with Gasteiger partial charge in [0.2, 0.25) is 0 Å². The van der Waals surface area contributed by atoms with Gasteiger partial charge in [-0.25, -0.2) is 0 Å². The summed E-state index contributed by atoms with van der Waals surface area (Å²) in [4.78, 5) is 2.41. The molecule has 0 saturated carbocycles. The van der Waals surface area contributed by atoms with Crippen LogP contribution in [0.25, 0.3) is 63.1 Å². The van der Waals surface area contributed by atoms with Crippen LogP contribution in [0.5, 0.6) is 0 Å². The van der Waals surface area contributed by atoms with Gasteiger partial charge in [0, 0.05) is 0 Å². The molecule has 0 radical (unpaired) electrons. The molecule has 0 spiro atoms. The monoisotopic (exact) mass is 651 g/mol. The average Bonchev–Trinajstić information content (AvgIpc) is 3.52. The Morgan fingerprint density at radius 2 is 0.957 bits per heavy atom. The second kappa shape index (κ2) is 11.2. The van der Waals surface area contributed by atoms with Crippen LogP contribution in [0.2, 0.25) is 0 Å². The molecular formula is C44H29NSe. The van der Waals surface area contributed by atoms with Crippen LogP contribution in [-0.2, 0) is 0 Å². The van der Waals surface area contributed by atoms with Crippen molar-refractivity contribution in [1.82, 2.24) is 0 Å². The molecule has 9 aromatic rings. The molecule has 0 amide bonds. The zero-order valence-corrected chi connectivity index (χ0v) is 26.8. The first kappa shape index (κ1) is 27.0. The smallest absolute Gasteiger partial charge is 0.0617 e. The van der Waals surface area contributed by atoms with Crippen LogP contribution in [0, 0.1) is 0 Å². The van der Waals surface area contributed by atoms with Crippen LogP contribution < -0.4 is 4.90 Å². The molecule has 2 heteroatoms. The van der Waals surface area contributed by atoms with E-state index in [1.165, 1.54) is 63.1 Å². The fourth-order valence-corrected chi connectivity index (χ4v) is 9.54. The van der Waals surface area contributed by atoms with E-state index >= 15 is 0 Å². The number of hydrogen-bond acceptors (Lipinski definition) is 1. The van der Waals surface area contributed by atoms with E-state index in [2.05, 4.69) is 181 Å². The molecule has 0 fully saturated rings. The van der Waals surface area contributed by atoms with Gasteiger partial charge in [0.15, 0.2) is 0 Å². The van der Waals surface area contributed by atoms with Gasteiger partial charge in [-0.3, -0.25) is 0 Å². The Labute approximate surface area is 274 Å². The molecular weight excluding hydrogens is 621 g/mol. The molecule has 46 heavy (non-hydrogen) atoms. The third-order valence-electron chi connectivity index (χ3n) is 9.03. The van der Waals surface area contributed by atoms with Gasteiger partial charge in [0.25, 0.3) is 0 Å². The molecule has 0 aliphatic carbocycles. The summed E-state index contributed by atoms with van der Waals surface area (Å²) in [6, 6.07) is 64.2. The standard InChI is InChI=1S/C44H29NSe/c1-4-12-30(13-5-1)37-27-25-36(28-40(37)31-14-6-2-7-15-31)45(34-16-8-3-9-17-34)35-24-22-32-20-21-33-23-26-39-38-18-10-11-19-42(38)46-44(39)43(33)41(32)29-35/h1-29H. The molecule has 0 N–H and O–H groups in total. The number of rotatable bonds is 5. The van der Waals surface area contributed by atoms with E-state index in [4.69, 9.17) is 0 Å². The number of benzene rings is 8. The SMILES string of the molecule is c1ccc(-c2ccc(N(c3ccccc3)c3ccc4ccc5ccc6c7ccccc7[se]c6c5c4c3)cc2-c2ccccc2)cc1. The summed E-state index contributed by atoms with van der Waals surface area (Å²) in [6.45, 7) is 0. The molecule has 1 aromatic heterocycles. The predicted molar refractivity (Wildman–Crippen MR) is 199 cm³/mol. The summed E-state index contributed by atoms with van der Waals surface area (Å²) < 4.78 is 2.97. The Balaban J connectivity index is 1.30. The molecule has 0 saturated heterocycles.